The standard InChI is InChI=1S/C14H20ClN3O/c15-10-12-2-1-3-14(16-12)18-5-4-13(11-18)17-6-8-19-9-7-17/h1-3,13H,4-11H2. The van der Waals surface area contributed by atoms with Gasteiger partial charge in [-0.15, -0.1) is 11.6 Å². The number of rotatable bonds is 3. The normalized spacial score (nSPS) is 24.9. The summed E-state index contributed by atoms with van der Waals surface area (Å²) in [5.41, 5.74) is 0.953. The smallest absolute Gasteiger partial charge is 0.128 e. The number of halogens is 1. The lowest BCUT2D eigenvalue weighted by Crippen LogP contribution is -2.44. The van der Waals surface area contributed by atoms with Crippen molar-refractivity contribution in [1.82, 2.24) is 9.88 Å². The summed E-state index contributed by atoms with van der Waals surface area (Å²) in [6, 6.07) is 6.75. The molecule has 3 rings (SSSR count). The second-order valence-corrected chi connectivity index (χ2v) is 5.42. The van der Waals surface area contributed by atoms with E-state index < -0.39 is 0 Å². The lowest BCUT2D eigenvalue weighted by Gasteiger charge is -2.32. The van der Waals surface area contributed by atoms with E-state index >= 15 is 0 Å². The molecular formula is C14H20ClN3O. The number of morpholine rings is 1. The summed E-state index contributed by atoms with van der Waals surface area (Å²) < 4.78 is 5.42. The first-order chi connectivity index (χ1) is 9.36. The van der Waals surface area contributed by atoms with Gasteiger partial charge < -0.3 is 9.64 Å². The molecule has 0 radical (unpaired) electrons. The summed E-state index contributed by atoms with van der Waals surface area (Å²) in [6.07, 6.45) is 1.22. The first kappa shape index (κ1) is 13.2. The Morgan fingerprint density at radius 1 is 1.26 bits per heavy atom. The van der Waals surface area contributed by atoms with Crippen LogP contribution in [0.4, 0.5) is 5.82 Å². The summed E-state index contributed by atoms with van der Waals surface area (Å²) >= 11 is 5.85. The maximum absolute atomic E-state index is 5.85. The van der Waals surface area contributed by atoms with Gasteiger partial charge in [-0.25, -0.2) is 4.98 Å². The molecule has 0 spiro atoms. The second-order valence-electron chi connectivity index (χ2n) is 5.16. The van der Waals surface area contributed by atoms with Gasteiger partial charge in [0.2, 0.25) is 0 Å². The van der Waals surface area contributed by atoms with Crippen LogP contribution in [0.3, 0.4) is 0 Å². The summed E-state index contributed by atoms with van der Waals surface area (Å²) in [4.78, 5) is 9.53. The molecule has 0 bridgehead atoms. The van der Waals surface area contributed by atoms with Crippen molar-refractivity contribution in [2.45, 2.75) is 18.3 Å². The van der Waals surface area contributed by atoms with Crippen molar-refractivity contribution in [3.05, 3.63) is 23.9 Å². The molecule has 0 saturated carbocycles. The van der Waals surface area contributed by atoms with E-state index in [1.54, 1.807) is 0 Å². The SMILES string of the molecule is ClCc1cccc(N2CCC(N3CCOCC3)C2)n1. The molecule has 2 aliphatic heterocycles. The lowest BCUT2D eigenvalue weighted by atomic mass is 10.2. The molecule has 0 aromatic carbocycles. The predicted octanol–water partition coefficient (Wildman–Crippen LogP) is 1.73. The van der Waals surface area contributed by atoms with E-state index in [4.69, 9.17) is 16.3 Å². The third-order valence-electron chi connectivity index (χ3n) is 3.98. The van der Waals surface area contributed by atoms with Gasteiger partial charge in [0.15, 0.2) is 0 Å². The first-order valence-corrected chi connectivity index (χ1v) is 7.49. The number of hydrogen-bond acceptors (Lipinski definition) is 4. The fraction of sp³-hybridized carbons (Fsp3) is 0.643. The average molecular weight is 282 g/mol. The van der Waals surface area contributed by atoms with Crippen LogP contribution in [0.5, 0.6) is 0 Å². The fourth-order valence-electron chi connectivity index (χ4n) is 2.91. The second kappa shape index (κ2) is 6.07. The highest BCUT2D eigenvalue weighted by Crippen LogP contribution is 2.22. The van der Waals surface area contributed by atoms with E-state index in [9.17, 15) is 0 Å². The largest absolute Gasteiger partial charge is 0.379 e. The number of hydrogen-bond donors (Lipinski definition) is 0. The molecule has 0 aliphatic carbocycles. The zero-order valence-corrected chi connectivity index (χ0v) is 11.9. The first-order valence-electron chi connectivity index (χ1n) is 6.95. The van der Waals surface area contributed by atoms with Gasteiger partial charge in [-0.2, -0.15) is 0 Å². The molecule has 19 heavy (non-hydrogen) atoms. The third kappa shape index (κ3) is 3.02. The maximum atomic E-state index is 5.85. The highest BCUT2D eigenvalue weighted by atomic mass is 35.5. The highest BCUT2D eigenvalue weighted by Gasteiger charge is 2.29. The van der Waals surface area contributed by atoms with Crippen molar-refractivity contribution in [2.24, 2.45) is 0 Å². The van der Waals surface area contributed by atoms with Crippen molar-refractivity contribution in [2.75, 3.05) is 44.3 Å². The Hall–Kier alpha value is -0.840. The van der Waals surface area contributed by atoms with E-state index in [0.717, 1.165) is 50.9 Å². The van der Waals surface area contributed by atoms with Gasteiger partial charge >= 0.3 is 0 Å². The highest BCUT2D eigenvalue weighted by molar-refractivity contribution is 6.16. The van der Waals surface area contributed by atoms with Crippen LogP contribution < -0.4 is 4.90 Å². The van der Waals surface area contributed by atoms with Crippen LogP contribution in [0, 0.1) is 0 Å². The number of aromatic nitrogens is 1. The van der Waals surface area contributed by atoms with Crippen molar-refractivity contribution in [3.8, 4) is 0 Å². The Labute approximate surface area is 119 Å². The van der Waals surface area contributed by atoms with Crippen LogP contribution in [0.15, 0.2) is 18.2 Å². The number of alkyl halides is 1. The zero-order valence-electron chi connectivity index (χ0n) is 11.1. The van der Waals surface area contributed by atoms with Crippen molar-refractivity contribution < 1.29 is 4.74 Å². The molecule has 2 fully saturated rings. The van der Waals surface area contributed by atoms with E-state index in [2.05, 4.69) is 20.9 Å². The number of pyridine rings is 1. The van der Waals surface area contributed by atoms with Crippen LogP contribution >= 0.6 is 11.6 Å². The predicted molar refractivity (Wildman–Crippen MR) is 76.8 cm³/mol. The topological polar surface area (TPSA) is 28.6 Å². The summed E-state index contributed by atoms with van der Waals surface area (Å²) in [5.74, 6) is 1.54. The van der Waals surface area contributed by atoms with Gasteiger partial charge in [0, 0.05) is 32.2 Å². The molecule has 0 N–H and O–H groups in total. The molecule has 3 heterocycles. The molecule has 0 amide bonds. The molecule has 1 aromatic rings. The number of ether oxygens (including phenoxy) is 1. The molecule has 5 heteroatoms. The van der Waals surface area contributed by atoms with Gasteiger partial charge in [0.1, 0.15) is 5.82 Å². The minimum absolute atomic E-state index is 0.481. The van der Waals surface area contributed by atoms with Crippen molar-refractivity contribution in [3.63, 3.8) is 0 Å². The number of nitrogens with zero attached hydrogens (tertiary/aromatic N) is 3. The molecule has 2 saturated heterocycles. The monoisotopic (exact) mass is 281 g/mol. The van der Waals surface area contributed by atoms with Crippen molar-refractivity contribution in [1.29, 1.82) is 0 Å². The molecule has 1 unspecified atom stereocenters. The molecule has 104 valence electrons. The average Bonchev–Trinajstić information content (AvgIpc) is 2.98. The lowest BCUT2D eigenvalue weighted by molar-refractivity contribution is 0.0209. The van der Waals surface area contributed by atoms with Gasteiger partial charge in [-0.1, -0.05) is 6.07 Å². The molecule has 1 atom stereocenters. The minimum Gasteiger partial charge on any atom is -0.379 e. The Morgan fingerprint density at radius 2 is 2.11 bits per heavy atom. The van der Waals surface area contributed by atoms with Gasteiger partial charge in [-0.05, 0) is 18.6 Å². The third-order valence-corrected chi connectivity index (χ3v) is 4.25. The number of anilines is 1. The van der Waals surface area contributed by atoms with Crippen LogP contribution in [0.1, 0.15) is 12.1 Å². The van der Waals surface area contributed by atoms with Gasteiger partial charge in [-0.3, -0.25) is 4.90 Å². The Balaban J connectivity index is 1.64. The maximum Gasteiger partial charge on any atom is 0.128 e. The minimum atomic E-state index is 0.481. The molecule has 4 nitrogen and oxygen atoms in total. The van der Waals surface area contributed by atoms with E-state index in [-0.39, 0.29) is 0 Å². The van der Waals surface area contributed by atoms with Gasteiger partial charge in [0.25, 0.3) is 0 Å². The Morgan fingerprint density at radius 3 is 2.89 bits per heavy atom. The van der Waals surface area contributed by atoms with Crippen LogP contribution in [0.25, 0.3) is 0 Å². The quantitative estimate of drug-likeness (QED) is 0.789. The summed E-state index contributed by atoms with van der Waals surface area (Å²) in [7, 11) is 0. The van der Waals surface area contributed by atoms with Crippen molar-refractivity contribution >= 4 is 17.4 Å². The van der Waals surface area contributed by atoms with E-state index in [1.807, 2.05) is 12.1 Å². The van der Waals surface area contributed by atoms with Crippen LogP contribution in [0.2, 0.25) is 0 Å². The fourth-order valence-corrected chi connectivity index (χ4v) is 3.06. The van der Waals surface area contributed by atoms with Crippen LogP contribution in [-0.2, 0) is 10.6 Å². The van der Waals surface area contributed by atoms with E-state index in [0.29, 0.717) is 11.9 Å². The zero-order chi connectivity index (χ0) is 13.1. The summed E-state index contributed by atoms with van der Waals surface area (Å²) in [5, 5.41) is 0. The molecule has 1 aromatic heterocycles. The Bertz CT molecular complexity index is 423. The molecule has 2 aliphatic rings. The summed E-state index contributed by atoms with van der Waals surface area (Å²) in [6.45, 7) is 6.02. The van der Waals surface area contributed by atoms with Gasteiger partial charge in [0.05, 0.1) is 24.8 Å². The Kier molecular flexibility index (Phi) is 4.21. The van der Waals surface area contributed by atoms with E-state index in [1.165, 1.54) is 6.42 Å². The molecular weight excluding hydrogens is 262 g/mol. The van der Waals surface area contributed by atoms with Crippen LogP contribution in [-0.4, -0.2) is 55.3 Å².